The highest BCUT2D eigenvalue weighted by molar-refractivity contribution is 6.44. The van der Waals surface area contributed by atoms with E-state index in [0.29, 0.717) is 12.3 Å². The van der Waals surface area contributed by atoms with Gasteiger partial charge in [0.2, 0.25) is 0 Å². The van der Waals surface area contributed by atoms with E-state index in [1.807, 2.05) is 0 Å². The van der Waals surface area contributed by atoms with Gasteiger partial charge >= 0.3 is 17.6 Å². The SMILES string of the molecule is CC(C)(C)OC(=O)C(Cl)(C(=O)OC(C)(C)C)c1ncc([N+](=O)[O-])cc1[N+](=O)[O-]. The third-order valence-electron chi connectivity index (χ3n) is 2.95. The van der Waals surface area contributed by atoms with Crippen LogP contribution < -0.4 is 0 Å². The Morgan fingerprint density at radius 2 is 1.39 bits per heavy atom. The van der Waals surface area contributed by atoms with Gasteiger partial charge in [-0.05, 0) is 41.5 Å². The average molecular weight is 418 g/mol. The maximum Gasteiger partial charge on any atom is 0.346 e. The van der Waals surface area contributed by atoms with Crippen molar-refractivity contribution in [3.8, 4) is 0 Å². The average Bonchev–Trinajstić information content (AvgIpc) is 2.49. The lowest BCUT2D eigenvalue weighted by Crippen LogP contribution is -2.47. The summed E-state index contributed by atoms with van der Waals surface area (Å²) in [5, 5.41) is 22.3. The van der Waals surface area contributed by atoms with Crippen LogP contribution in [0.2, 0.25) is 0 Å². The number of nitrogens with zero attached hydrogens (tertiary/aromatic N) is 3. The van der Waals surface area contributed by atoms with Crippen LogP contribution in [0.25, 0.3) is 0 Å². The van der Waals surface area contributed by atoms with E-state index in [0.717, 1.165) is 0 Å². The molecular formula is C16H20ClN3O8. The van der Waals surface area contributed by atoms with Crippen LogP contribution in [-0.4, -0.2) is 38.0 Å². The quantitative estimate of drug-likeness (QED) is 0.231. The molecule has 0 aromatic carbocycles. The van der Waals surface area contributed by atoms with E-state index in [1.54, 1.807) is 0 Å². The summed E-state index contributed by atoms with van der Waals surface area (Å²) in [5.74, 6) is -2.72. The first-order valence-electron chi connectivity index (χ1n) is 7.94. The van der Waals surface area contributed by atoms with Crippen LogP contribution in [-0.2, 0) is 23.9 Å². The van der Waals surface area contributed by atoms with E-state index in [-0.39, 0.29) is 0 Å². The van der Waals surface area contributed by atoms with Crippen LogP contribution in [0, 0.1) is 20.2 Å². The molecule has 0 aliphatic carbocycles. The number of hydrogen-bond acceptors (Lipinski definition) is 9. The molecule has 11 nitrogen and oxygen atoms in total. The molecule has 1 aromatic heterocycles. The molecule has 0 aliphatic heterocycles. The predicted molar refractivity (Wildman–Crippen MR) is 96.8 cm³/mol. The topological polar surface area (TPSA) is 152 Å². The molecule has 28 heavy (non-hydrogen) atoms. The molecule has 0 N–H and O–H groups in total. The highest BCUT2D eigenvalue weighted by Crippen LogP contribution is 2.39. The number of carbonyl (C=O) groups is 2. The molecule has 154 valence electrons. The summed E-state index contributed by atoms with van der Waals surface area (Å²) in [5.41, 5.74) is -4.76. The Morgan fingerprint density at radius 3 is 1.71 bits per heavy atom. The molecule has 0 atom stereocenters. The molecule has 0 radical (unpaired) electrons. The van der Waals surface area contributed by atoms with Gasteiger partial charge in [0.15, 0.2) is 5.69 Å². The van der Waals surface area contributed by atoms with Gasteiger partial charge in [-0.25, -0.2) is 14.6 Å². The second-order valence-electron chi connectivity index (χ2n) is 7.74. The molecule has 0 unspecified atom stereocenters. The summed E-state index contributed by atoms with van der Waals surface area (Å²) in [6.45, 7) is 8.97. The van der Waals surface area contributed by atoms with Crippen molar-refractivity contribution in [1.82, 2.24) is 4.98 Å². The van der Waals surface area contributed by atoms with Crippen LogP contribution in [0.5, 0.6) is 0 Å². The Bertz CT molecular complexity index is 798. The van der Waals surface area contributed by atoms with Crippen molar-refractivity contribution in [3.05, 3.63) is 38.2 Å². The van der Waals surface area contributed by atoms with E-state index in [1.165, 1.54) is 41.5 Å². The Morgan fingerprint density at radius 1 is 0.964 bits per heavy atom. The maximum absolute atomic E-state index is 12.8. The fourth-order valence-corrected chi connectivity index (χ4v) is 2.14. The van der Waals surface area contributed by atoms with Crippen molar-refractivity contribution in [2.24, 2.45) is 0 Å². The smallest absolute Gasteiger partial charge is 0.346 e. The van der Waals surface area contributed by atoms with Gasteiger partial charge < -0.3 is 9.47 Å². The Balaban J connectivity index is 3.73. The Kier molecular flexibility index (Phi) is 6.35. The zero-order chi connectivity index (χ0) is 22.1. The summed E-state index contributed by atoms with van der Waals surface area (Å²) in [6, 6.07) is 0.550. The molecule has 0 saturated carbocycles. The fraction of sp³-hybridized carbons (Fsp3) is 0.562. The summed E-state index contributed by atoms with van der Waals surface area (Å²) in [7, 11) is 0. The minimum Gasteiger partial charge on any atom is -0.458 e. The first-order valence-corrected chi connectivity index (χ1v) is 8.32. The Hall–Kier alpha value is -2.82. The molecule has 0 aliphatic rings. The van der Waals surface area contributed by atoms with Gasteiger partial charge in [-0.15, -0.1) is 0 Å². The van der Waals surface area contributed by atoms with Crippen LogP contribution in [0.4, 0.5) is 11.4 Å². The molecule has 0 bridgehead atoms. The molecule has 1 aromatic rings. The highest BCUT2D eigenvalue weighted by atomic mass is 35.5. The van der Waals surface area contributed by atoms with Crippen LogP contribution in [0.1, 0.15) is 47.2 Å². The lowest BCUT2D eigenvalue weighted by molar-refractivity contribution is -0.395. The van der Waals surface area contributed by atoms with Gasteiger partial charge in [-0.3, -0.25) is 20.2 Å². The van der Waals surface area contributed by atoms with Crippen molar-refractivity contribution in [3.63, 3.8) is 0 Å². The number of pyridine rings is 1. The third-order valence-corrected chi connectivity index (χ3v) is 3.43. The number of esters is 2. The van der Waals surface area contributed by atoms with E-state index in [9.17, 15) is 29.8 Å². The monoisotopic (exact) mass is 417 g/mol. The van der Waals surface area contributed by atoms with Gasteiger partial charge in [0.1, 0.15) is 17.4 Å². The van der Waals surface area contributed by atoms with Gasteiger partial charge in [-0.2, -0.15) is 0 Å². The van der Waals surface area contributed by atoms with E-state index in [4.69, 9.17) is 21.1 Å². The van der Waals surface area contributed by atoms with Gasteiger partial charge in [-0.1, -0.05) is 11.6 Å². The van der Waals surface area contributed by atoms with Gasteiger partial charge in [0.05, 0.1) is 15.9 Å². The molecule has 12 heteroatoms. The summed E-state index contributed by atoms with van der Waals surface area (Å²) in [6.07, 6.45) is 0.647. The van der Waals surface area contributed by atoms with Crippen LogP contribution in [0.15, 0.2) is 12.3 Å². The molecule has 1 rings (SSSR count). The van der Waals surface area contributed by atoms with Crippen LogP contribution in [0.3, 0.4) is 0 Å². The van der Waals surface area contributed by atoms with Gasteiger partial charge in [0.25, 0.3) is 10.6 Å². The number of rotatable bonds is 5. The summed E-state index contributed by atoms with van der Waals surface area (Å²) >= 11 is 6.27. The van der Waals surface area contributed by atoms with Gasteiger partial charge in [0, 0.05) is 0 Å². The second-order valence-corrected chi connectivity index (χ2v) is 8.30. The zero-order valence-electron chi connectivity index (χ0n) is 16.1. The number of nitro groups is 2. The van der Waals surface area contributed by atoms with Crippen LogP contribution >= 0.6 is 11.6 Å². The lowest BCUT2D eigenvalue weighted by atomic mass is 10.0. The second kappa shape index (κ2) is 7.66. The van der Waals surface area contributed by atoms with Crippen molar-refractivity contribution >= 4 is 34.9 Å². The minimum atomic E-state index is -2.85. The van der Waals surface area contributed by atoms with E-state index < -0.39 is 54.9 Å². The number of halogens is 1. The highest BCUT2D eigenvalue weighted by Gasteiger charge is 2.56. The Labute approximate surface area is 165 Å². The first kappa shape index (κ1) is 23.2. The van der Waals surface area contributed by atoms with Crippen molar-refractivity contribution in [2.75, 3.05) is 0 Å². The number of alkyl halides is 1. The lowest BCUT2D eigenvalue weighted by Gasteiger charge is -2.30. The number of carbonyl (C=O) groups excluding carboxylic acids is 2. The first-order chi connectivity index (χ1) is 12.5. The minimum absolute atomic E-state index is 0.550. The third kappa shape index (κ3) is 5.35. The number of ether oxygens (including phenoxy) is 2. The summed E-state index contributed by atoms with van der Waals surface area (Å²) in [4.78, 5) is 46.6. The fourth-order valence-electron chi connectivity index (χ4n) is 1.92. The normalized spacial score (nSPS) is 12.2. The van der Waals surface area contributed by atoms with Crippen molar-refractivity contribution in [1.29, 1.82) is 0 Å². The zero-order valence-corrected chi connectivity index (χ0v) is 16.9. The largest absolute Gasteiger partial charge is 0.458 e. The van der Waals surface area contributed by atoms with E-state index in [2.05, 4.69) is 4.98 Å². The van der Waals surface area contributed by atoms with Crippen molar-refractivity contribution in [2.45, 2.75) is 57.6 Å². The molecule has 0 amide bonds. The number of hydrogen-bond donors (Lipinski definition) is 0. The standard InChI is InChI=1S/C16H20ClN3O8/c1-14(2,3)27-12(21)16(17,13(22)28-15(4,5)6)11-10(20(25)26)7-9(8-18-11)19(23)24/h7-8H,1-6H3. The predicted octanol–water partition coefficient (Wildman–Crippen LogP) is 3.02. The molecule has 1 heterocycles. The summed E-state index contributed by atoms with van der Waals surface area (Å²) < 4.78 is 10.3. The molecule has 0 fully saturated rings. The van der Waals surface area contributed by atoms with Crippen molar-refractivity contribution < 1.29 is 28.9 Å². The molecular weight excluding hydrogens is 398 g/mol. The molecule has 0 spiro atoms. The number of aromatic nitrogens is 1. The molecule has 0 saturated heterocycles. The van der Waals surface area contributed by atoms with E-state index >= 15 is 0 Å². The maximum atomic E-state index is 12.8.